The number of hydrogen-bond acceptors (Lipinski definition) is 9. The van der Waals surface area contributed by atoms with Crippen LogP contribution in [-0.2, 0) is 16.5 Å². The van der Waals surface area contributed by atoms with Crippen molar-refractivity contribution in [3.8, 4) is 22.6 Å². The van der Waals surface area contributed by atoms with Crippen LogP contribution >= 0.6 is 0 Å². The van der Waals surface area contributed by atoms with E-state index in [0.717, 1.165) is 16.8 Å². The molecule has 5 N–H and O–H groups in total. The average Bonchev–Trinajstić information content (AvgIpc) is 3.62. The van der Waals surface area contributed by atoms with E-state index in [2.05, 4.69) is 15.3 Å². The molecular weight excluding hydrogens is 442 g/mol. The zero-order valence-corrected chi connectivity index (χ0v) is 19.4. The van der Waals surface area contributed by atoms with Crippen molar-refractivity contribution >= 4 is 27.6 Å². The Morgan fingerprint density at radius 1 is 1.12 bits per heavy atom. The van der Waals surface area contributed by atoms with Crippen molar-refractivity contribution in [3.63, 3.8) is 0 Å². The zero-order valence-electron chi connectivity index (χ0n) is 18.5. The van der Waals surface area contributed by atoms with Gasteiger partial charge in [0.1, 0.15) is 11.6 Å². The summed E-state index contributed by atoms with van der Waals surface area (Å²) in [5.74, 6) is 1.09. The van der Waals surface area contributed by atoms with E-state index in [4.69, 9.17) is 20.4 Å². The molecule has 1 aliphatic carbocycles. The molecule has 0 spiro atoms. The Labute approximate surface area is 193 Å². The van der Waals surface area contributed by atoms with Gasteiger partial charge in [0.25, 0.3) is 0 Å². The predicted molar refractivity (Wildman–Crippen MR) is 129 cm³/mol. The number of nitrogens with zero attached hydrogens (tertiary/aromatic N) is 2. The molecular formula is C23H27N5O4S. The molecule has 0 bridgehead atoms. The number of aromatic nitrogens is 2. The van der Waals surface area contributed by atoms with E-state index < -0.39 is 15.4 Å². The molecule has 4 rings (SSSR count). The Bertz CT molecular complexity index is 1260. The molecule has 0 saturated heterocycles. The van der Waals surface area contributed by atoms with Crippen molar-refractivity contribution in [2.75, 3.05) is 30.4 Å². The van der Waals surface area contributed by atoms with Gasteiger partial charge < -0.3 is 25.7 Å². The Morgan fingerprint density at radius 3 is 2.42 bits per heavy atom. The second kappa shape index (κ2) is 9.14. The van der Waals surface area contributed by atoms with Crippen LogP contribution in [0.4, 0.5) is 17.5 Å². The summed E-state index contributed by atoms with van der Waals surface area (Å²) in [7, 11) is -1.92. The fourth-order valence-corrected chi connectivity index (χ4v) is 4.74. The Hall–Kier alpha value is -3.53. The number of nitrogens with two attached hydrogens (primary N) is 2. The monoisotopic (exact) mass is 469 g/mol. The summed E-state index contributed by atoms with van der Waals surface area (Å²) >= 11 is 0. The molecule has 1 aromatic heterocycles. The van der Waals surface area contributed by atoms with Crippen LogP contribution in [0.1, 0.15) is 30.9 Å². The maximum absolute atomic E-state index is 12.7. The van der Waals surface area contributed by atoms with Gasteiger partial charge in [-0.05, 0) is 55.2 Å². The number of ether oxygens (including phenoxy) is 1. The third kappa shape index (κ3) is 5.11. The van der Waals surface area contributed by atoms with Gasteiger partial charge in [0.2, 0.25) is 5.95 Å². The summed E-state index contributed by atoms with van der Waals surface area (Å²) < 4.78 is 37.1. The van der Waals surface area contributed by atoms with Crippen molar-refractivity contribution in [1.82, 2.24) is 9.97 Å². The minimum Gasteiger partial charge on any atom is -0.493 e. The minimum atomic E-state index is -3.75. The Balaban J connectivity index is 1.83. The SMILES string of the molecule is CCOc1cc(Cc2cnc(N)nc2N)cc(OS(=O)(=O)C2CC2)c1-c1ccc(NC)cc1. The number of anilines is 3. The first-order valence-electron chi connectivity index (χ1n) is 10.7. The highest BCUT2D eigenvalue weighted by Gasteiger charge is 2.38. The van der Waals surface area contributed by atoms with Gasteiger partial charge in [-0.3, -0.25) is 0 Å². The molecule has 2 aromatic carbocycles. The predicted octanol–water partition coefficient (Wildman–Crippen LogP) is 3.21. The summed E-state index contributed by atoms with van der Waals surface area (Å²) in [6.07, 6.45) is 3.12. The highest BCUT2D eigenvalue weighted by Crippen LogP contribution is 2.43. The number of rotatable bonds is 9. The number of nitrogen functional groups attached to an aromatic ring is 2. The Morgan fingerprint density at radius 2 is 1.82 bits per heavy atom. The lowest BCUT2D eigenvalue weighted by Crippen LogP contribution is -2.15. The van der Waals surface area contributed by atoms with Crippen LogP contribution in [0.25, 0.3) is 11.1 Å². The molecule has 0 atom stereocenters. The van der Waals surface area contributed by atoms with Gasteiger partial charge in [-0.1, -0.05) is 12.1 Å². The number of nitrogens with one attached hydrogen (secondary N) is 1. The third-order valence-electron chi connectivity index (χ3n) is 5.34. The van der Waals surface area contributed by atoms with Crippen LogP contribution < -0.4 is 25.7 Å². The summed E-state index contributed by atoms with van der Waals surface area (Å²) in [6, 6.07) is 11.2. The average molecular weight is 470 g/mol. The lowest BCUT2D eigenvalue weighted by Gasteiger charge is -2.18. The normalized spacial score (nSPS) is 13.5. The van der Waals surface area contributed by atoms with E-state index in [1.807, 2.05) is 44.3 Å². The Kier molecular flexibility index (Phi) is 6.28. The van der Waals surface area contributed by atoms with Crippen LogP contribution in [0.3, 0.4) is 0 Å². The molecule has 0 amide bonds. The van der Waals surface area contributed by atoms with Crippen LogP contribution in [-0.4, -0.2) is 37.3 Å². The van der Waals surface area contributed by atoms with E-state index in [1.165, 1.54) is 0 Å². The fourth-order valence-electron chi connectivity index (χ4n) is 3.51. The second-order valence-electron chi connectivity index (χ2n) is 7.82. The van der Waals surface area contributed by atoms with Gasteiger partial charge in [-0.15, -0.1) is 0 Å². The molecule has 33 heavy (non-hydrogen) atoms. The molecule has 0 unspecified atom stereocenters. The maximum atomic E-state index is 12.7. The van der Waals surface area contributed by atoms with Gasteiger partial charge in [0.15, 0.2) is 5.75 Å². The smallest absolute Gasteiger partial charge is 0.312 e. The summed E-state index contributed by atoms with van der Waals surface area (Å²) in [5.41, 5.74) is 15.3. The molecule has 3 aromatic rings. The van der Waals surface area contributed by atoms with Crippen LogP contribution in [0.15, 0.2) is 42.6 Å². The second-order valence-corrected chi connectivity index (χ2v) is 9.64. The van der Waals surface area contributed by atoms with Crippen molar-refractivity contribution in [3.05, 3.63) is 53.7 Å². The van der Waals surface area contributed by atoms with Crippen LogP contribution in [0, 0.1) is 0 Å². The number of hydrogen-bond donors (Lipinski definition) is 3. The largest absolute Gasteiger partial charge is 0.493 e. The fraction of sp³-hybridized carbons (Fsp3) is 0.304. The van der Waals surface area contributed by atoms with Gasteiger partial charge >= 0.3 is 10.1 Å². The molecule has 174 valence electrons. The minimum absolute atomic E-state index is 0.0890. The third-order valence-corrected chi connectivity index (χ3v) is 7.04. The van der Waals surface area contributed by atoms with Crippen molar-refractivity contribution in [1.29, 1.82) is 0 Å². The first-order chi connectivity index (χ1) is 15.8. The highest BCUT2D eigenvalue weighted by molar-refractivity contribution is 7.88. The van der Waals surface area contributed by atoms with E-state index in [0.29, 0.717) is 42.7 Å². The van der Waals surface area contributed by atoms with Crippen LogP contribution in [0.2, 0.25) is 0 Å². The quantitative estimate of drug-likeness (QED) is 0.403. The molecule has 10 heteroatoms. The molecule has 0 aliphatic heterocycles. The molecule has 1 fully saturated rings. The standard InChI is InChI=1S/C23H27N5O4S/c1-3-31-19-11-14(10-16-13-27-23(25)28-22(16)24)12-20(32-33(29,30)18-8-9-18)21(19)15-4-6-17(26-2)7-5-15/h4-7,11-13,18,26H,3,8-10H2,1-2H3,(H4,24,25,27,28). The molecule has 1 aliphatic rings. The van der Waals surface area contributed by atoms with E-state index in [1.54, 1.807) is 12.3 Å². The van der Waals surface area contributed by atoms with Crippen molar-refractivity contribution in [2.45, 2.75) is 31.4 Å². The van der Waals surface area contributed by atoms with Gasteiger partial charge in [0, 0.05) is 30.9 Å². The zero-order chi connectivity index (χ0) is 23.6. The van der Waals surface area contributed by atoms with Gasteiger partial charge in [0.05, 0.1) is 17.4 Å². The highest BCUT2D eigenvalue weighted by atomic mass is 32.2. The van der Waals surface area contributed by atoms with Crippen LogP contribution in [0.5, 0.6) is 11.5 Å². The summed E-state index contributed by atoms with van der Waals surface area (Å²) in [6.45, 7) is 2.26. The van der Waals surface area contributed by atoms with E-state index >= 15 is 0 Å². The lowest BCUT2D eigenvalue weighted by molar-refractivity contribution is 0.340. The topological polar surface area (TPSA) is 142 Å². The van der Waals surface area contributed by atoms with Crippen molar-refractivity contribution < 1.29 is 17.3 Å². The molecule has 9 nitrogen and oxygen atoms in total. The summed E-state index contributed by atoms with van der Waals surface area (Å²) in [4.78, 5) is 8.02. The van der Waals surface area contributed by atoms with Gasteiger partial charge in [-0.2, -0.15) is 13.4 Å². The first kappa shape index (κ1) is 22.7. The molecule has 0 radical (unpaired) electrons. The van der Waals surface area contributed by atoms with Gasteiger partial charge in [-0.25, -0.2) is 4.98 Å². The first-order valence-corrected chi connectivity index (χ1v) is 12.2. The van der Waals surface area contributed by atoms with E-state index in [-0.39, 0.29) is 17.5 Å². The molecule has 1 heterocycles. The maximum Gasteiger partial charge on any atom is 0.312 e. The molecule has 1 saturated carbocycles. The summed E-state index contributed by atoms with van der Waals surface area (Å²) in [5, 5.41) is 2.60. The number of benzene rings is 2. The lowest BCUT2D eigenvalue weighted by atomic mass is 9.98. The van der Waals surface area contributed by atoms with Crippen molar-refractivity contribution in [2.24, 2.45) is 0 Å². The van der Waals surface area contributed by atoms with E-state index in [9.17, 15) is 8.42 Å².